The Morgan fingerprint density at radius 2 is 2.15 bits per heavy atom. The van der Waals surface area contributed by atoms with E-state index in [0.29, 0.717) is 25.0 Å². The Balaban J connectivity index is 1.74. The zero-order chi connectivity index (χ0) is 14.6. The van der Waals surface area contributed by atoms with E-state index in [2.05, 4.69) is 26.5 Å². The lowest BCUT2D eigenvalue weighted by Crippen LogP contribution is -2.43. The fourth-order valence-electron chi connectivity index (χ4n) is 2.77. The van der Waals surface area contributed by atoms with E-state index in [-0.39, 0.29) is 0 Å². The highest BCUT2D eigenvalue weighted by Crippen LogP contribution is 2.22. The number of likely N-dealkylation sites (tertiary alicyclic amines) is 1. The smallest absolute Gasteiger partial charge is 0.274 e. The second-order valence-corrected chi connectivity index (χ2v) is 6.82. The van der Waals surface area contributed by atoms with E-state index in [1.165, 1.54) is 0 Å². The first-order valence-corrected chi connectivity index (χ1v) is 8.57. The first-order valence-electron chi connectivity index (χ1n) is 7.02. The van der Waals surface area contributed by atoms with Gasteiger partial charge in [-0.05, 0) is 25.2 Å². The van der Waals surface area contributed by atoms with Crippen LogP contribution >= 0.6 is 0 Å². The molecule has 7 nitrogen and oxygen atoms in total. The summed E-state index contributed by atoms with van der Waals surface area (Å²) in [6.45, 7) is 5.04. The molecule has 0 spiro atoms. The van der Waals surface area contributed by atoms with Gasteiger partial charge in [0.05, 0.1) is 0 Å². The molecule has 2 aliphatic rings. The minimum absolute atomic E-state index is 0.296. The lowest BCUT2D eigenvalue weighted by molar-refractivity contribution is 0.251. The van der Waals surface area contributed by atoms with Crippen molar-refractivity contribution in [2.75, 3.05) is 26.3 Å². The van der Waals surface area contributed by atoms with Crippen LogP contribution in [-0.4, -0.2) is 51.7 Å². The van der Waals surface area contributed by atoms with Crippen molar-refractivity contribution in [1.82, 2.24) is 9.62 Å². The van der Waals surface area contributed by atoms with Gasteiger partial charge >= 0.3 is 0 Å². The zero-order valence-corrected chi connectivity index (χ0v) is 12.6. The highest BCUT2D eigenvalue weighted by Gasteiger charge is 2.24. The number of piperidine rings is 1. The fourth-order valence-corrected chi connectivity index (χ4v) is 3.18. The van der Waals surface area contributed by atoms with E-state index in [1.54, 1.807) is 0 Å². The van der Waals surface area contributed by atoms with Crippen molar-refractivity contribution in [3.8, 4) is 0 Å². The van der Waals surface area contributed by atoms with E-state index in [1.807, 2.05) is 6.21 Å². The molecule has 0 radical (unpaired) electrons. The molecule has 0 aromatic heterocycles. The summed E-state index contributed by atoms with van der Waals surface area (Å²) in [5.74, 6) is 1.99. The number of nitrogens with one attached hydrogen (secondary N) is 1. The van der Waals surface area contributed by atoms with Crippen LogP contribution in [0.3, 0.4) is 0 Å². The second-order valence-electron chi connectivity index (χ2n) is 5.44. The van der Waals surface area contributed by atoms with Crippen molar-refractivity contribution < 1.29 is 8.42 Å². The molecule has 0 aromatic carbocycles. The van der Waals surface area contributed by atoms with Crippen molar-refractivity contribution in [3.63, 3.8) is 0 Å². The van der Waals surface area contributed by atoms with Gasteiger partial charge in [0.15, 0.2) is 0 Å². The molecule has 1 saturated heterocycles. The molecule has 2 rings (SSSR count). The Morgan fingerprint density at radius 3 is 2.75 bits per heavy atom. The van der Waals surface area contributed by atoms with Crippen molar-refractivity contribution in [3.05, 3.63) is 0 Å². The number of aliphatic imine (C=N–C) groups is 2. The second kappa shape index (κ2) is 6.64. The summed E-state index contributed by atoms with van der Waals surface area (Å²) in [7, 11) is -3.55. The molecule has 3 N–H and O–H groups in total. The van der Waals surface area contributed by atoms with Gasteiger partial charge in [-0.25, -0.2) is 14.9 Å². The topological polar surface area (TPSA) is 100 Å². The minimum atomic E-state index is -3.55. The first-order chi connectivity index (χ1) is 9.46. The van der Waals surface area contributed by atoms with Gasteiger partial charge in [-0.15, -0.1) is 0 Å². The lowest BCUT2D eigenvalue weighted by atomic mass is 9.93. The van der Waals surface area contributed by atoms with Gasteiger partial charge in [-0.1, -0.05) is 6.92 Å². The van der Waals surface area contributed by atoms with Crippen molar-refractivity contribution in [2.45, 2.75) is 26.2 Å². The lowest BCUT2D eigenvalue weighted by Gasteiger charge is -2.36. The number of nitrogens with two attached hydrogens (primary N) is 1. The molecule has 0 amide bonds. The van der Waals surface area contributed by atoms with Crippen molar-refractivity contribution >= 4 is 22.3 Å². The van der Waals surface area contributed by atoms with Crippen molar-refractivity contribution in [2.24, 2.45) is 27.0 Å². The van der Waals surface area contributed by atoms with Crippen LogP contribution < -0.4 is 9.86 Å². The van der Waals surface area contributed by atoms with Gasteiger partial charge < -0.3 is 4.90 Å². The van der Waals surface area contributed by atoms with Crippen LogP contribution in [-0.2, 0) is 10.2 Å². The highest BCUT2D eigenvalue weighted by molar-refractivity contribution is 7.87. The molecule has 1 fully saturated rings. The molecule has 0 saturated carbocycles. The third kappa shape index (κ3) is 4.53. The molecular weight excluding hydrogens is 278 g/mol. The predicted molar refractivity (Wildman–Crippen MR) is 80.0 cm³/mol. The SMILES string of the molecule is CC1C=NCN=C1N1CCC(CCNS(N)(=O)=O)CC1. The molecular formula is C12H23N5O2S. The van der Waals surface area contributed by atoms with Crippen LogP contribution in [0.25, 0.3) is 0 Å². The number of nitrogens with zero attached hydrogens (tertiary/aromatic N) is 3. The van der Waals surface area contributed by atoms with E-state index in [9.17, 15) is 8.42 Å². The monoisotopic (exact) mass is 301 g/mol. The predicted octanol–water partition coefficient (Wildman–Crippen LogP) is -0.0419. The summed E-state index contributed by atoms with van der Waals surface area (Å²) in [5.41, 5.74) is 0. The number of hydrogen-bond donors (Lipinski definition) is 2. The molecule has 8 heteroatoms. The van der Waals surface area contributed by atoms with Crippen LogP contribution in [0, 0.1) is 11.8 Å². The van der Waals surface area contributed by atoms with E-state index in [0.717, 1.165) is 38.2 Å². The normalized spacial score (nSPS) is 24.8. The van der Waals surface area contributed by atoms with Crippen LogP contribution in [0.5, 0.6) is 0 Å². The van der Waals surface area contributed by atoms with Gasteiger partial charge in [-0.2, -0.15) is 8.42 Å². The number of amidine groups is 1. The third-order valence-electron chi connectivity index (χ3n) is 3.85. The maximum atomic E-state index is 10.8. The quantitative estimate of drug-likeness (QED) is 0.762. The Morgan fingerprint density at radius 1 is 1.45 bits per heavy atom. The number of hydrogen-bond acceptors (Lipinski definition) is 5. The number of rotatable bonds is 4. The summed E-state index contributed by atoms with van der Waals surface area (Å²) < 4.78 is 23.9. The molecule has 20 heavy (non-hydrogen) atoms. The van der Waals surface area contributed by atoms with Gasteiger partial charge in [0, 0.05) is 31.8 Å². The molecule has 2 heterocycles. The summed E-state index contributed by atoms with van der Waals surface area (Å²) in [6, 6.07) is 0. The minimum Gasteiger partial charge on any atom is -0.360 e. The highest BCUT2D eigenvalue weighted by atomic mass is 32.2. The Kier molecular flexibility index (Phi) is 5.11. The van der Waals surface area contributed by atoms with Crippen LogP contribution in [0.1, 0.15) is 26.2 Å². The van der Waals surface area contributed by atoms with Gasteiger partial charge in [0.2, 0.25) is 0 Å². The van der Waals surface area contributed by atoms with Crippen LogP contribution in [0.2, 0.25) is 0 Å². The average Bonchev–Trinajstić information content (AvgIpc) is 2.39. The molecule has 0 bridgehead atoms. The Bertz CT molecular complexity index is 480. The molecule has 1 unspecified atom stereocenters. The van der Waals surface area contributed by atoms with E-state index in [4.69, 9.17) is 5.14 Å². The van der Waals surface area contributed by atoms with E-state index >= 15 is 0 Å². The standard InChI is InChI=1S/C12H23N5O2S/c1-10-8-14-9-15-12(10)17-6-3-11(4-7-17)2-5-16-20(13,18)19/h8,10-11,16H,2-7,9H2,1H3,(H2,13,18,19). The van der Waals surface area contributed by atoms with E-state index < -0.39 is 10.2 Å². The third-order valence-corrected chi connectivity index (χ3v) is 4.45. The maximum absolute atomic E-state index is 10.8. The van der Waals surface area contributed by atoms with Crippen LogP contribution in [0.15, 0.2) is 9.98 Å². The average molecular weight is 301 g/mol. The van der Waals surface area contributed by atoms with Crippen LogP contribution in [0.4, 0.5) is 0 Å². The maximum Gasteiger partial charge on any atom is 0.274 e. The zero-order valence-electron chi connectivity index (χ0n) is 11.8. The van der Waals surface area contributed by atoms with Gasteiger partial charge in [0.1, 0.15) is 12.5 Å². The summed E-state index contributed by atoms with van der Waals surface area (Å²) >= 11 is 0. The molecule has 0 aliphatic carbocycles. The summed E-state index contributed by atoms with van der Waals surface area (Å²) in [5, 5.41) is 4.91. The van der Waals surface area contributed by atoms with Gasteiger partial charge in [-0.3, -0.25) is 4.99 Å². The van der Waals surface area contributed by atoms with Gasteiger partial charge in [0.25, 0.3) is 10.2 Å². The largest absolute Gasteiger partial charge is 0.360 e. The Hall–Kier alpha value is -0.990. The fraction of sp³-hybridized carbons (Fsp3) is 0.833. The molecule has 2 aliphatic heterocycles. The first kappa shape index (κ1) is 15.4. The molecule has 0 aromatic rings. The molecule has 1 atom stereocenters. The van der Waals surface area contributed by atoms with Crippen molar-refractivity contribution in [1.29, 1.82) is 0 Å². The Labute approximate surface area is 120 Å². The molecule has 114 valence electrons. The summed E-state index contributed by atoms with van der Waals surface area (Å²) in [4.78, 5) is 11.0. The summed E-state index contributed by atoms with van der Waals surface area (Å²) in [6.07, 6.45) is 4.93.